The zero-order valence-corrected chi connectivity index (χ0v) is 37.7. The molecule has 62 heavy (non-hydrogen) atoms. The Bertz CT molecular complexity index is 2560. The number of nitrogens with zero attached hydrogens (tertiary/aromatic N) is 10. The first kappa shape index (κ1) is 45.1. The van der Waals surface area contributed by atoms with Crippen LogP contribution in [0.5, 0.6) is 0 Å². The summed E-state index contributed by atoms with van der Waals surface area (Å²) in [6.45, 7) is 7.99. The average Bonchev–Trinajstić information content (AvgIpc) is 4.07. The molecule has 6 heterocycles. The molecule has 0 bridgehead atoms. The highest BCUT2D eigenvalue weighted by atomic mass is 35.5. The summed E-state index contributed by atoms with van der Waals surface area (Å²) in [7, 11) is 0. The van der Waals surface area contributed by atoms with Crippen molar-refractivity contribution in [2.45, 2.75) is 102 Å². The zero-order valence-electron chi connectivity index (χ0n) is 33.9. The van der Waals surface area contributed by atoms with Crippen molar-refractivity contribution < 1.29 is 29.2 Å². The van der Waals surface area contributed by atoms with Crippen LogP contribution in [0.4, 0.5) is 0 Å². The molecule has 0 unspecified atom stereocenters. The molecule has 22 heteroatoms. The molecule has 2 saturated carbocycles. The molecule has 330 valence electrons. The van der Waals surface area contributed by atoms with Crippen molar-refractivity contribution in [2.75, 3.05) is 13.2 Å². The summed E-state index contributed by atoms with van der Waals surface area (Å²) in [5.74, 6) is -1.53. The Morgan fingerprint density at radius 2 is 1.08 bits per heavy atom. The fourth-order valence-electron chi connectivity index (χ4n) is 8.64. The van der Waals surface area contributed by atoms with Gasteiger partial charge in [-0.2, -0.15) is 9.97 Å². The van der Waals surface area contributed by atoms with Gasteiger partial charge in [0.1, 0.15) is 12.2 Å². The Kier molecular flexibility index (Phi) is 13.3. The van der Waals surface area contributed by atoms with E-state index in [-0.39, 0.29) is 77.3 Å². The van der Waals surface area contributed by atoms with E-state index in [0.717, 1.165) is 16.1 Å². The minimum atomic E-state index is -0.723. The molecule has 6 aromatic rings. The van der Waals surface area contributed by atoms with E-state index in [4.69, 9.17) is 82.7 Å². The lowest BCUT2D eigenvalue weighted by atomic mass is 10.1. The Balaban J connectivity index is 0.000000146. The van der Waals surface area contributed by atoms with Gasteiger partial charge >= 0.3 is 0 Å². The van der Waals surface area contributed by atoms with Gasteiger partial charge in [0.05, 0.1) is 30.0 Å². The molecule has 2 aromatic carbocycles. The van der Waals surface area contributed by atoms with Crippen molar-refractivity contribution in [3.05, 3.63) is 91.1 Å². The van der Waals surface area contributed by atoms with Crippen LogP contribution in [0, 0.1) is 11.8 Å². The quantitative estimate of drug-likeness (QED) is 0.114. The molecule has 8 atom stereocenters. The molecular weight excluding hydrogens is 908 g/mol. The second-order valence-corrected chi connectivity index (χ2v) is 18.2. The van der Waals surface area contributed by atoms with E-state index >= 15 is 0 Å². The highest BCUT2D eigenvalue weighted by molar-refractivity contribution is 6.35. The summed E-state index contributed by atoms with van der Waals surface area (Å²) >= 11 is 30.3. The van der Waals surface area contributed by atoms with Crippen LogP contribution in [0.2, 0.25) is 25.8 Å². The van der Waals surface area contributed by atoms with Crippen molar-refractivity contribution in [3.8, 4) is 0 Å². The van der Waals surface area contributed by atoms with E-state index in [0.29, 0.717) is 58.9 Å². The molecule has 4 fully saturated rings. The molecule has 0 radical (unpaired) electrons. The molecule has 17 nitrogen and oxygen atoms in total. The number of hydrogen-bond acceptors (Lipinski definition) is 15. The molecule has 0 amide bonds. The largest absolute Gasteiger partial charge is 0.396 e. The molecule has 10 rings (SSSR count). The lowest BCUT2D eigenvalue weighted by Crippen LogP contribution is -2.28. The van der Waals surface area contributed by atoms with Gasteiger partial charge in [-0.25, -0.2) is 19.3 Å². The van der Waals surface area contributed by atoms with Gasteiger partial charge in [0.15, 0.2) is 39.1 Å². The van der Waals surface area contributed by atoms with Gasteiger partial charge in [0.25, 0.3) is 0 Å². The van der Waals surface area contributed by atoms with Gasteiger partial charge in [0.2, 0.25) is 10.6 Å². The maximum atomic E-state index is 9.85. The second kappa shape index (κ2) is 18.2. The Morgan fingerprint density at radius 3 is 1.56 bits per heavy atom. The predicted octanol–water partition coefficient (Wildman–Crippen LogP) is 6.59. The second-order valence-electron chi connectivity index (χ2n) is 16.3. The zero-order chi connectivity index (χ0) is 44.1. The van der Waals surface area contributed by atoms with Crippen LogP contribution in [0.3, 0.4) is 0 Å². The van der Waals surface area contributed by atoms with Crippen molar-refractivity contribution in [3.63, 3.8) is 0 Å². The van der Waals surface area contributed by atoms with Crippen LogP contribution in [-0.4, -0.2) is 109 Å². The monoisotopic (exact) mass is 949 g/mol. The van der Waals surface area contributed by atoms with Crippen LogP contribution in [0.25, 0.3) is 22.3 Å². The van der Waals surface area contributed by atoms with E-state index in [1.54, 1.807) is 9.36 Å². The van der Waals surface area contributed by atoms with E-state index in [2.05, 4.69) is 40.6 Å². The summed E-state index contributed by atoms with van der Waals surface area (Å²) in [5.41, 5.74) is 9.88. The lowest BCUT2D eigenvalue weighted by molar-refractivity contribution is -0.162. The first-order valence-electron chi connectivity index (χ1n) is 19.9. The summed E-state index contributed by atoms with van der Waals surface area (Å²) < 4.78 is 27.5. The number of hydrogen-bond donors (Lipinski definition) is 3. The first-order chi connectivity index (χ1) is 29.6. The fourth-order valence-corrected chi connectivity index (χ4v) is 9.64. The number of benzene rings is 2. The van der Waals surface area contributed by atoms with Crippen LogP contribution >= 0.6 is 58.0 Å². The van der Waals surface area contributed by atoms with Crippen molar-refractivity contribution in [2.24, 2.45) is 17.6 Å². The first-order valence-corrected chi connectivity index (χ1v) is 21.8. The maximum absolute atomic E-state index is 9.85. The van der Waals surface area contributed by atoms with Crippen LogP contribution < -0.4 is 5.73 Å². The summed E-state index contributed by atoms with van der Waals surface area (Å²) in [4.78, 5) is 16.9. The number of aliphatic hydroxyl groups is 2. The number of rotatable bonds is 7. The molecule has 4 aliphatic rings. The Morgan fingerprint density at radius 1 is 0.629 bits per heavy atom. The maximum Gasteiger partial charge on any atom is 0.225 e. The van der Waals surface area contributed by atoms with Crippen molar-refractivity contribution in [1.82, 2.24) is 49.9 Å². The molecule has 2 aliphatic heterocycles. The number of ether oxygens (including phenoxy) is 4. The van der Waals surface area contributed by atoms with E-state index in [1.807, 2.05) is 76.2 Å². The van der Waals surface area contributed by atoms with Crippen LogP contribution in [-0.2, 0) is 31.9 Å². The molecule has 2 aliphatic carbocycles. The average molecular weight is 952 g/mol. The topological polar surface area (TPSA) is 216 Å². The number of fused-ring (bicyclic) bond motifs is 4. The number of nitrogens with two attached hydrogens (primary N) is 1. The van der Waals surface area contributed by atoms with Gasteiger partial charge in [0, 0.05) is 48.1 Å². The van der Waals surface area contributed by atoms with Crippen LogP contribution in [0.15, 0.2) is 48.5 Å². The smallest absolute Gasteiger partial charge is 0.225 e. The van der Waals surface area contributed by atoms with Gasteiger partial charge in [-0.05, 0) is 87.0 Å². The highest BCUT2D eigenvalue weighted by Crippen LogP contribution is 2.48. The molecule has 0 spiro atoms. The lowest BCUT2D eigenvalue weighted by Gasteiger charge is -2.23. The minimum Gasteiger partial charge on any atom is -0.396 e. The molecule has 2 saturated heterocycles. The van der Waals surface area contributed by atoms with E-state index < -0.39 is 11.6 Å². The van der Waals surface area contributed by atoms with Gasteiger partial charge in [-0.1, -0.05) is 81.6 Å². The third kappa shape index (κ3) is 9.10. The van der Waals surface area contributed by atoms with Crippen molar-refractivity contribution >= 4 is 80.3 Å². The number of aromatic nitrogens is 10. The normalized spacial score (nSPS) is 26.8. The van der Waals surface area contributed by atoms with Gasteiger partial charge in [-0.15, -0.1) is 10.2 Å². The van der Waals surface area contributed by atoms with E-state index in [1.165, 1.54) is 0 Å². The molecule has 4 N–H and O–H groups in total. The number of aliphatic hydroxyl groups excluding tert-OH is 2. The third-order valence-electron chi connectivity index (χ3n) is 11.3. The van der Waals surface area contributed by atoms with Crippen molar-refractivity contribution in [1.29, 1.82) is 0 Å². The minimum absolute atomic E-state index is 0.0111. The number of halogens is 5. The van der Waals surface area contributed by atoms with Gasteiger partial charge < -0.3 is 34.9 Å². The Labute approximate surface area is 381 Å². The summed E-state index contributed by atoms with van der Waals surface area (Å²) in [5, 5.41) is 38.1. The fraction of sp³-hybridized carbons (Fsp3) is 0.500. The molecular formula is C40H44Cl5N11O6. The summed E-state index contributed by atoms with van der Waals surface area (Å²) in [6, 6.07) is 14.8. The van der Waals surface area contributed by atoms with E-state index in [9.17, 15) is 10.2 Å². The SMILES string of the molecule is CC1(C)O[C@@H]2[C@@H](CO)C[C@@H](n3nnc4c(Cc5ccccc5Cl)nc(Cl)nc43)[C@@H]2O1.CC1(C)O[C@@H]2[C@@H](CO)C[C@@H](n3nnc4c(Cl)nc(Cl)nc43)[C@@H]2O1.NCc1ccccc1Cl. The highest BCUT2D eigenvalue weighted by Gasteiger charge is 2.56. The van der Waals surface area contributed by atoms with Crippen LogP contribution in [0.1, 0.15) is 69.4 Å². The van der Waals surface area contributed by atoms with Gasteiger partial charge in [-0.3, -0.25) is 0 Å². The standard InChI is InChI=1S/C20H21Cl2N5O3.C13H15Cl2N5O3.C7H8ClN/c1-20(2)29-16-11(9-28)8-14(17(16)30-20)27-18-15(25-26-27)13(23-19(22)24-18)7-10-5-3-4-6-12(10)21;1-13(2)22-8-5(4-21)3-6(9(8)23-13)20-11-7(18-19-20)10(14)16-12(15)17-11;8-7-4-2-1-3-6(7)5-9/h3-6,11,14,16-17,28H,7-9H2,1-2H3;5-6,8-9,21H,3-4H2,1-2H3;1-4H,5,9H2/t11-,14-,16-,17+;5-,6-,8-,9+;/m11./s1. The summed E-state index contributed by atoms with van der Waals surface area (Å²) in [6.07, 6.45) is 0.810. The third-order valence-corrected chi connectivity index (χ3v) is 12.7. The predicted molar refractivity (Wildman–Crippen MR) is 231 cm³/mol. The Hall–Kier alpha value is -3.43. The molecule has 4 aromatic heterocycles.